The summed E-state index contributed by atoms with van der Waals surface area (Å²) in [5.74, 6) is 0. The fourth-order valence-corrected chi connectivity index (χ4v) is 4.47. The minimum atomic E-state index is -3.50. The third kappa shape index (κ3) is 5.16. The lowest BCUT2D eigenvalue weighted by atomic mass is 10.1. The van der Waals surface area contributed by atoms with Crippen molar-refractivity contribution in [2.45, 2.75) is 49.9 Å². The Morgan fingerprint density at radius 3 is 1.92 bits per heavy atom. The van der Waals surface area contributed by atoms with Gasteiger partial charge in [-0.05, 0) is 41.9 Å². The van der Waals surface area contributed by atoms with Gasteiger partial charge in [0.15, 0.2) is 18.2 Å². The van der Waals surface area contributed by atoms with Crippen molar-refractivity contribution in [2.24, 2.45) is 0 Å². The maximum absolute atomic E-state index is 12.6. The molecular weight excluding hydrogens is 360 g/mol. The summed E-state index contributed by atoms with van der Waals surface area (Å²) in [4.78, 5) is 0.287. The Kier molecular flexibility index (Phi) is 6.27. The molecule has 0 heterocycles. The fourth-order valence-electron chi connectivity index (χ4n) is 2.22. The van der Waals surface area contributed by atoms with Crippen molar-refractivity contribution in [2.75, 3.05) is 0 Å². The van der Waals surface area contributed by atoms with Crippen LogP contribution in [0, 0.1) is 0 Å². The molecule has 3 nitrogen and oxygen atoms in total. The van der Waals surface area contributed by atoms with Gasteiger partial charge in [0.2, 0.25) is 0 Å². The van der Waals surface area contributed by atoms with Crippen molar-refractivity contribution < 1.29 is 12.8 Å². The molecule has 5 heteroatoms. The molecule has 2 aromatic rings. The van der Waals surface area contributed by atoms with Crippen LogP contribution in [-0.2, 0) is 14.3 Å². The molecule has 0 aliphatic carbocycles. The normalized spacial score (nSPS) is 14.5. The Hall–Kier alpha value is -1.69. The van der Waals surface area contributed by atoms with Crippen LogP contribution in [0.25, 0.3) is 0 Å². The second-order valence-corrected chi connectivity index (χ2v) is 14.5. The maximum atomic E-state index is 12.6. The van der Waals surface area contributed by atoms with Gasteiger partial charge in [0.25, 0.3) is 0 Å². The topological polar surface area (TPSA) is 43.4 Å². The molecule has 0 aliphatic heterocycles. The van der Waals surface area contributed by atoms with Crippen molar-refractivity contribution in [1.29, 1.82) is 0 Å². The molecule has 1 atom stereocenters. The van der Waals surface area contributed by atoms with E-state index in [1.165, 1.54) is 5.41 Å². The molecule has 0 spiro atoms. The fraction of sp³-hybridized carbons (Fsp3) is 0.333. The van der Waals surface area contributed by atoms with Gasteiger partial charge in [-0.3, -0.25) is 0 Å². The van der Waals surface area contributed by atoms with Crippen molar-refractivity contribution in [3.05, 3.63) is 77.7 Å². The minimum absolute atomic E-state index is 0.0339. The quantitative estimate of drug-likeness (QED) is 0.593. The highest BCUT2D eigenvalue weighted by molar-refractivity contribution is 7.94. The van der Waals surface area contributed by atoms with Crippen LogP contribution < -0.4 is 0 Å². The van der Waals surface area contributed by atoms with Crippen molar-refractivity contribution in [3.8, 4) is 0 Å². The Bertz CT molecular complexity index is 836. The first-order valence-electron chi connectivity index (χ1n) is 8.74. The third-order valence-corrected chi connectivity index (χ3v) is 10.8. The van der Waals surface area contributed by atoms with Gasteiger partial charge in [0, 0.05) is 5.41 Å². The first kappa shape index (κ1) is 20.6. The first-order chi connectivity index (χ1) is 12.0. The highest BCUT2D eigenvalue weighted by Gasteiger charge is 2.39. The molecule has 2 aromatic carbocycles. The Morgan fingerprint density at radius 1 is 0.923 bits per heavy atom. The summed E-state index contributed by atoms with van der Waals surface area (Å²) < 4.78 is 31.7. The van der Waals surface area contributed by atoms with Gasteiger partial charge in [-0.25, -0.2) is 8.42 Å². The van der Waals surface area contributed by atoms with E-state index in [1.807, 2.05) is 30.3 Å². The zero-order valence-electron chi connectivity index (χ0n) is 16.1. The molecule has 0 amide bonds. The smallest absolute Gasteiger partial charge is 0.199 e. The average Bonchev–Trinajstić information content (AvgIpc) is 2.59. The van der Waals surface area contributed by atoms with Crippen molar-refractivity contribution in [1.82, 2.24) is 0 Å². The van der Waals surface area contributed by atoms with Crippen LogP contribution in [-0.4, -0.2) is 16.7 Å². The summed E-state index contributed by atoms with van der Waals surface area (Å²) >= 11 is 0. The van der Waals surface area contributed by atoms with E-state index in [9.17, 15) is 8.42 Å². The standard InChI is InChI=1S/C21H28O3SSi/c1-21(2,3)26(4,5)24-20(18-12-8-6-9-13-18)16-17-25(22,23)19-14-10-7-11-15-19/h6-17,20H,1-5H3/b17-16+. The molecule has 0 fully saturated rings. The molecule has 0 aromatic heterocycles. The monoisotopic (exact) mass is 388 g/mol. The lowest BCUT2D eigenvalue weighted by Gasteiger charge is -2.38. The molecule has 140 valence electrons. The first-order valence-corrected chi connectivity index (χ1v) is 13.2. The Morgan fingerprint density at radius 2 is 1.42 bits per heavy atom. The predicted octanol–water partition coefficient (Wildman–Crippen LogP) is 5.74. The zero-order chi connectivity index (χ0) is 19.4. The van der Waals surface area contributed by atoms with Crippen LogP contribution in [0.2, 0.25) is 18.1 Å². The summed E-state index contributed by atoms with van der Waals surface area (Å²) in [5, 5.41) is 1.30. The Labute approximate surface area is 158 Å². The molecular formula is C21H28O3SSi. The lowest BCUT2D eigenvalue weighted by Crippen LogP contribution is -2.41. The maximum Gasteiger partial charge on any atom is 0.199 e. The van der Waals surface area contributed by atoms with Gasteiger partial charge < -0.3 is 4.43 Å². The van der Waals surface area contributed by atoms with Gasteiger partial charge in [0.05, 0.1) is 11.0 Å². The molecule has 0 N–H and O–H groups in total. The molecule has 1 unspecified atom stereocenters. The highest BCUT2D eigenvalue weighted by atomic mass is 32.2. The summed E-state index contributed by atoms with van der Waals surface area (Å²) in [7, 11) is -5.57. The van der Waals surface area contributed by atoms with Gasteiger partial charge >= 0.3 is 0 Å². The number of sulfone groups is 1. The van der Waals surface area contributed by atoms with E-state index in [4.69, 9.17) is 4.43 Å². The number of hydrogen-bond donors (Lipinski definition) is 0. The molecule has 0 saturated carbocycles. The molecule has 0 saturated heterocycles. The summed E-state index contributed by atoms with van der Waals surface area (Å²) in [6, 6.07) is 18.2. The van der Waals surface area contributed by atoms with E-state index in [2.05, 4.69) is 33.9 Å². The van der Waals surface area contributed by atoms with Gasteiger partial charge in [-0.15, -0.1) is 0 Å². The molecule has 0 radical (unpaired) electrons. The van der Waals surface area contributed by atoms with Crippen LogP contribution >= 0.6 is 0 Å². The highest BCUT2D eigenvalue weighted by Crippen LogP contribution is 2.40. The van der Waals surface area contributed by atoms with E-state index >= 15 is 0 Å². The van der Waals surface area contributed by atoms with E-state index < -0.39 is 24.3 Å². The number of rotatable bonds is 6. The molecule has 0 bridgehead atoms. The van der Waals surface area contributed by atoms with Crippen LogP contribution in [0.15, 0.2) is 77.0 Å². The van der Waals surface area contributed by atoms with Crippen LogP contribution in [0.1, 0.15) is 32.4 Å². The van der Waals surface area contributed by atoms with Crippen LogP contribution in [0.5, 0.6) is 0 Å². The lowest BCUT2D eigenvalue weighted by molar-refractivity contribution is 0.229. The summed E-state index contributed by atoms with van der Waals surface area (Å²) in [6.07, 6.45) is 1.27. The number of benzene rings is 2. The van der Waals surface area contributed by atoms with Gasteiger partial charge in [-0.2, -0.15) is 0 Å². The number of hydrogen-bond acceptors (Lipinski definition) is 3. The van der Waals surface area contributed by atoms with E-state index in [1.54, 1.807) is 36.4 Å². The SMILES string of the molecule is CC(C)(C)[Si](C)(C)OC(/C=C/S(=O)(=O)c1ccccc1)c1ccccc1. The van der Waals surface area contributed by atoms with E-state index in [-0.39, 0.29) is 9.93 Å². The van der Waals surface area contributed by atoms with Gasteiger partial charge in [-0.1, -0.05) is 69.3 Å². The largest absolute Gasteiger partial charge is 0.406 e. The third-order valence-electron chi connectivity index (χ3n) is 4.86. The predicted molar refractivity (Wildman–Crippen MR) is 110 cm³/mol. The molecule has 0 aliphatic rings. The van der Waals surface area contributed by atoms with E-state index in [0.29, 0.717) is 0 Å². The summed E-state index contributed by atoms with van der Waals surface area (Å²) in [6.45, 7) is 10.9. The van der Waals surface area contributed by atoms with E-state index in [0.717, 1.165) is 5.56 Å². The summed E-state index contributed by atoms with van der Waals surface area (Å²) in [5.41, 5.74) is 0.955. The van der Waals surface area contributed by atoms with Crippen molar-refractivity contribution in [3.63, 3.8) is 0 Å². The van der Waals surface area contributed by atoms with Crippen LogP contribution in [0.4, 0.5) is 0 Å². The van der Waals surface area contributed by atoms with Crippen molar-refractivity contribution >= 4 is 18.2 Å². The Balaban J connectivity index is 2.37. The second-order valence-electron chi connectivity index (χ2n) is 7.90. The van der Waals surface area contributed by atoms with Crippen LogP contribution in [0.3, 0.4) is 0 Å². The molecule has 2 rings (SSSR count). The second kappa shape index (κ2) is 7.90. The molecule has 26 heavy (non-hydrogen) atoms. The zero-order valence-corrected chi connectivity index (χ0v) is 18.0. The average molecular weight is 389 g/mol. The van der Waals surface area contributed by atoms with Gasteiger partial charge in [0.1, 0.15) is 0 Å². The minimum Gasteiger partial charge on any atom is -0.406 e.